The molecule has 0 aromatic heterocycles. The van der Waals surface area contributed by atoms with Crippen LogP contribution in [0.2, 0.25) is 0 Å². The molecule has 16 heavy (non-hydrogen) atoms. The smallest absolute Gasteiger partial charge is 0.338 e. The van der Waals surface area contributed by atoms with E-state index in [1.54, 1.807) is 30.3 Å². The summed E-state index contributed by atoms with van der Waals surface area (Å²) < 4.78 is 22.9. The summed E-state index contributed by atoms with van der Waals surface area (Å²) in [7, 11) is 0. The predicted octanol–water partition coefficient (Wildman–Crippen LogP) is 1.95. The van der Waals surface area contributed by atoms with E-state index in [1.165, 1.54) is 13.0 Å². The third-order valence-corrected chi connectivity index (χ3v) is 2.26. The molecule has 1 aliphatic rings. The maximum Gasteiger partial charge on any atom is 0.338 e. The van der Waals surface area contributed by atoms with Crippen molar-refractivity contribution in [2.24, 2.45) is 0 Å². The molecule has 0 unspecified atom stereocenters. The molecule has 1 aliphatic heterocycles. The van der Waals surface area contributed by atoms with Gasteiger partial charge in [0.05, 0.1) is 12.2 Å². The SMILES string of the molecule is O=C(OC[C@H]1O[CH][CH][C@@H]1F)c1ccccc1. The Bertz CT molecular complexity index is 353. The first-order valence-electron chi connectivity index (χ1n) is 4.96. The molecule has 2 radical (unpaired) electrons. The number of esters is 1. The highest BCUT2D eigenvalue weighted by atomic mass is 19.1. The van der Waals surface area contributed by atoms with Crippen LogP contribution in [0, 0.1) is 13.0 Å². The van der Waals surface area contributed by atoms with Gasteiger partial charge in [-0.3, -0.25) is 0 Å². The zero-order chi connectivity index (χ0) is 11.4. The Morgan fingerprint density at radius 1 is 1.38 bits per heavy atom. The van der Waals surface area contributed by atoms with Gasteiger partial charge in [-0.2, -0.15) is 0 Å². The van der Waals surface area contributed by atoms with E-state index in [0.717, 1.165) is 0 Å². The minimum absolute atomic E-state index is 0.0815. The molecule has 0 bridgehead atoms. The fourth-order valence-electron chi connectivity index (χ4n) is 1.37. The normalized spacial score (nSPS) is 24.3. The van der Waals surface area contributed by atoms with Crippen LogP contribution >= 0.6 is 0 Å². The number of carbonyl (C=O) groups excluding carboxylic acids is 1. The Morgan fingerprint density at radius 2 is 2.12 bits per heavy atom. The van der Waals surface area contributed by atoms with Crippen LogP contribution in [-0.2, 0) is 9.47 Å². The molecule has 1 aromatic carbocycles. The Labute approximate surface area is 93.2 Å². The van der Waals surface area contributed by atoms with Crippen molar-refractivity contribution in [1.29, 1.82) is 0 Å². The Morgan fingerprint density at radius 3 is 2.75 bits per heavy atom. The summed E-state index contributed by atoms with van der Waals surface area (Å²) in [6.07, 6.45) is -0.627. The molecule has 0 saturated carbocycles. The minimum atomic E-state index is -1.21. The summed E-state index contributed by atoms with van der Waals surface area (Å²) in [5.74, 6) is -0.469. The van der Waals surface area contributed by atoms with Crippen LogP contribution in [0.3, 0.4) is 0 Å². The van der Waals surface area contributed by atoms with E-state index >= 15 is 0 Å². The molecule has 1 saturated heterocycles. The number of hydrogen-bond acceptors (Lipinski definition) is 3. The Balaban J connectivity index is 1.84. The van der Waals surface area contributed by atoms with Gasteiger partial charge in [0.25, 0.3) is 0 Å². The number of carbonyl (C=O) groups is 1. The summed E-state index contributed by atoms with van der Waals surface area (Å²) in [6.45, 7) is 1.20. The van der Waals surface area contributed by atoms with Gasteiger partial charge in [-0.1, -0.05) is 18.2 Å². The second-order valence-electron chi connectivity index (χ2n) is 3.41. The highest BCUT2D eigenvalue weighted by Crippen LogP contribution is 2.19. The van der Waals surface area contributed by atoms with E-state index in [2.05, 4.69) is 0 Å². The predicted molar refractivity (Wildman–Crippen MR) is 55.1 cm³/mol. The third kappa shape index (κ3) is 2.58. The standard InChI is InChI=1S/C12H11FO3/c13-10-6-7-15-11(10)8-16-12(14)9-4-2-1-3-5-9/h1-7,10-11H,8H2/t10-,11+/m0/s1. The summed E-state index contributed by atoms with van der Waals surface area (Å²) >= 11 is 0. The van der Waals surface area contributed by atoms with Crippen LogP contribution < -0.4 is 0 Å². The molecule has 2 atom stereocenters. The van der Waals surface area contributed by atoms with E-state index in [-0.39, 0.29) is 6.61 Å². The van der Waals surface area contributed by atoms with Crippen molar-refractivity contribution in [2.75, 3.05) is 6.61 Å². The van der Waals surface area contributed by atoms with Crippen molar-refractivity contribution in [3.05, 3.63) is 48.9 Å². The van der Waals surface area contributed by atoms with Crippen LogP contribution in [0.5, 0.6) is 0 Å². The first-order valence-corrected chi connectivity index (χ1v) is 4.96. The highest BCUT2D eigenvalue weighted by molar-refractivity contribution is 5.89. The molecule has 4 heteroatoms. The molecule has 3 nitrogen and oxygen atoms in total. The summed E-state index contributed by atoms with van der Waals surface area (Å²) in [4.78, 5) is 11.5. The zero-order valence-electron chi connectivity index (χ0n) is 8.51. The van der Waals surface area contributed by atoms with Crippen molar-refractivity contribution >= 4 is 5.97 Å². The average Bonchev–Trinajstić information content (AvgIpc) is 2.73. The van der Waals surface area contributed by atoms with Gasteiger partial charge in [-0.05, 0) is 12.1 Å². The quantitative estimate of drug-likeness (QED) is 0.733. The van der Waals surface area contributed by atoms with Crippen molar-refractivity contribution < 1.29 is 18.7 Å². The second-order valence-corrected chi connectivity index (χ2v) is 3.41. The van der Waals surface area contributed by atoms with Gasteiger partial charge in [-0.25, -0.2) is 9.18 Å². The minimum Gasteiger partial charge on any atom is -0.459 e. The van der Waals surface area contributed by atoms with Crippen molar-refractivity contribution in [3.63, 3.8) is 0 Å². The van der Waals surface area contributed by atoms with Crippen LogP contribution in [0.4, 0.5) is 4.39 Å². The van der Waals surface area contributed by atoms with E-state index < -0.39 is 18.2 Å². The number of alkyl halides is 1. The molecule has 84 valence electrons. The number of benzene rings is 1. The molecular formula is C12H11FO3. The van der Waals surface area contributed by atoms with Gasteiger partial charge in [-0.15, -0.1) is 0 Å². The van der Waals surface area contributed by atoms with E-state index in [1.807, 2.05) is 0 Å². The van der Waals surface area contributed by atoms with E-state index in [9.17, 15) is 9.18 Å². The van der Waals surface area contributed by atoms with Gasteiger partial charge in [0.2, 0.25) is 0 Å². The molecule has 1 heterocycles. The van der Waals surface area contributed by atoms with Crippen LogP contribution in [0.1, 0.15) is 10.4 Å². The largest absolute Gasteiger partial charge is 0.459 e. The van der Waals surface area contributed by atoms with Crippen LogP contribution in [0.15, 0.2) is 30.3 Å². The summed E-state index contributed by atoms with van der Waals surface area (Å²) in [5.41, 5.74) is 0.448. The Hall–Kier alpha value is -1.42. The first-order chi connectivity index (χ1) is 7.77. The topological polar surface area (TPSA) is 35.5 Å². The maximum absolute atomic E-state index is 13.0. The summed E-state index contributed by atoms with van der Waals surface area (Å²) in [5, 5.41) is 0. The lowest BCUT2D eigenvalue weighted by atomic mass is 10.2. The second kappa shape index (κ2) is 5.07. The molecule has 0 spiro atoms. The fraction of sp³-hybridized carbons (Fsp3) is 0.250. The monoisotopic (exact) mass is 222 g/mol. The number of hydrogen-bond donors (Lipinski definition) is 0. The first kappa shape index (κ1) is 11.1. The number of ether oxygens (including phenoxy) is 2. The fourth-order valence-corrected chi connectivity index (χ4v) is 1.37. The molecule has 0 amide bonds. The van der Waals surface area contributed by atoms with Gasteiger partial charge in [0.1, 0.15) is 18.9 Å². The van der Waals surface area contributed by atoms with Crippen LogP contribution in [0.25, 0.3) is 0 Å². The zero-order valence-corrected chi connectivity index (χ0v) is 8.51. The molecule has 0 N–H and O–H groups in total. The third-order valence-electron chi connectivity index (χ3n) is 2.26. The van der Waals surface area contributed by atoms with Gasteiger partial charge < -0.3 is 9.47 Å². The highest BCUT2D eigenvalue weighted by Gasteiger charge is 2.29. The number of rotatable bonds is 3. The summed E-state index contributed by atoms with van der Waals surface area (Å²) in [6, 6.07) is 8.56. The molecule has 0 aliphatic carbocycles. The molecule has 2 rings (SSSR count). The van der Waals surface area contributed by atoms with Gasteiger partial charge in [0, 0.05) is 6.42 Å². The number of halogens is 1. The van der Waals surface area contributed by atoms with E-state index in [4.69, 9.17) is 9.47 Å². The lowest BCUT2D eigenvalue weighted by Crippen LogP contribution is -2.25. The molecule has 1 aromatic rings. The van der Waals surface area contributed by atoms with Crippen LogP contribution in [-0.4, -0.2) is 24.9 Å². The lowest BCUT2D eigenvalue weighted by Gasteiger charge is -2.12. The Kier molecular flexibility index (Phi) is 3.51. The van der Waals surface area contributed by atoms with Gasteiger partial charge in [0.15, 0.2) is 0 Å². The van der Waals surface area contributed by atoms with Crippen molar-refractivity contribution in [3.8, 4) is 0 Å². The van der Waals surface area contributed by atoms with Gasteiger partial charge >= 0.3 is 5.97 Å². The van der Waals surface area contributed by atoms with Crippen molar-refractivity contribution in [1.82, 2.24) is 0 Å². The lowest BCUT2D eigenvalue weighted by molar-refractivity contribution is 0.0116. The van der Waals surface area contributed by atoms with E-state index in [0.29, 0.717) is 5.56 Å². The molecule has 1 fully saturated rings. The maximum atomic E-state index is 13.0. The molecular weight excluding hydrogens is 211 g/mol. The van der Waals surface area contributed by atoms with Crippen molar-refractivity contribution in [2.45, 2.75) is 12.3 Å². The average molecular weight is 222 g/mol.